The van der Waals surface area contributed by atoms with E-state index in [2.05, 4.69) is 10.1 Å². The molecule has 7 nitrogen and oxygen atoms in total. The average Bonchev–Trinajstić information content (AvgIpc) is 2.90. The molecule has 0 saturated carbocycles. The molecule has 1 aliphatic heterocycles. The molecular weight excluding hydrogens is 316 g/mol. The fourth-order valence-corrected chi connectivity index (χ4v) is 3.43. The molecule has 0 aromatic carbocycles. The zero-order valence-corrected chi connectivity index (χ0v) is 13.4. The van der Waals surface area contributed by atoms with Gasteiger partial charge in [0, 0.05) is 55.1 Å². The van der Waals surface area contributed by atoms with Crippen LogP contribution in [0.15, 0.2) is 29.4 Å². The van der Waals surface area contributed by atoms with E-state index in [1.165, 1.54) is 11.8 Å². The molecule has 3 rings (SSSR count). The lowest BCUT2D eigenvalue weighted by atomic mass is 10.1. The van der Waals surface area contributed by atoms with E-state index in [9.17, 15) is 14.7 Å². The Labute approximate surface area is 137 Å². The van der Waals surface area contributed by atoms with Gasteiger partial charge in [-0.25, -0.2) is 4.79 Å². The van der Waals surface area contributed by atoms with Crippen molar-refractivity contribution in [2.24, 2.45) is 7.05 Å². The highest BCUT2D eigenvalue weighted by molar-refractivity contribution is 8.00. The third kappa shape index (κ3) is 3.21. The minimum absolute atomic E-state index is 0.00217. The summed E-state index contributed by atoms with van der Waals surface area (Å²) in [5.41, 5.74) is 1.59. The lowest BCUT2D eigenvalue weighted by molar-refractivity contribution is -0.129. The Kier molecular flexibility index (Phi) is 4.33. The van der Waals surface area contributed by atoms with E-state index in [0.29, 0.717) is 30.8 Å². The number of fused-ring (bicyclic) bond motifs is 1. The summed E-state index contributed by atoms with van der Waals surface area (Å²) in [4.78, 5) is 30.3. The number of aromatic nitrogens is 3. The summed E-state index contributed by atoms with van der Waals surface area (Å²) < 4.78 is 1.60. The van der Waals surface area contributed by atoms with E-state index in [-0.39, 0.29) is 11.6 Å². The zero-order valence-electron chi connectivity index (χ0n) is 12.6. The fraction of sp³-hybridized carbons (Fsp3) is 0.333. The normalized spacial score (nSPS) is 13.7. The van der Waals surface area contributed by atoms with Crippen LogP contribution in [-0.4, -0.2) is 48.9 Å². The number of carbonyl (C=O) groups excluding carboxylic acids is 1. The molecule has 1 amide bonds. The van der Waals surface area contributed by atoms with Gasteiger partial charge in [-0.2, -0.15) is 5.10 Å². The summed E-state index contributed by atoms with van der Waals surface area (Å²) in [6.07, 6.45) is 4.00. The fourth-order valence-electron chi connectivity index (χ4n) is 2.65. The Morgan fingerprint density at radius 3 is 2.78 bits per heavy atom. The van der Waals surface area contributed by atoms with Crippen LogP contribution in [0.5, 0.6) is 0 Å². The standard InChI is InChI=1S/C15H16N4O3S/c1-18-12-4-7-19(8-11(12)14(17-18)15(21)22)13(20)9-23-10-2-5-16-6-3-10/h2-3,5-6H,4,7-9H2,1H3,(H,21,22). The molecule has 2 aromatic rings. The molecule has 0 unspecified atom stereocenters. The van der Waals surface area contributed by atoms with Crippen molar-refractivity contribution < 1.29 is 14.7 Å². The van der Waals surface area contributed by atoms with Crippen molar-refractivity contribution in [2.75, 3.05) is 12.3 Å². The first kappa shape index (κ1) is 15.5. The van der Waals surface area contributed by atoms with Crippen LogP contribution in [0, 0.1) is 0 Å². The summed E-state index contributed by atoms with van der Waals surface area (Å²) in [7, 11) is 1.74. The molecule has 1 aliphatic rings. The Balaban J connectivity index is 1.69. The van der Waals surface area contributed by atoms with Crippen molar-refractivity contribution in [3.8, 4) is 0 Å². The maximum atomic E-state index is 12.4. The highest BCUT2D eigenvalue weighted by atomic mass is 32.2. The maximum Gasteiger partial charge on any atom is 0.356 e. The Bertz CT molecular complexity index is 745. The second-order valence-corrected chi connectivity index (χ2v) is 6.29. The molecule has 0 bridgehead atoms. The second kappa shape index (κ2) is 6.41. The van der Waals surface area contributed by atoms with Gasteiger partial charge in [0.15, 0.2) is 5.69 Å². The summed E-state index contributed by atoms with van der Waals surface area (Å²) >= 11 is 1.45. The number of hydrogen-bond donors (Lipinski definition) is 1. The van der Waals surface area contributed by atoms with Gasteiger partial charge in [0.2, 0.25) is 5.91 Å². The second-order valence-electron chi connectivity index (χ2n) is 5.24. The van der Waals surface area contributed by atoms with Gasteiger partial charge in [-0.1, -0.05) is 0 Å². The molecule has 2 aromatic heterocycles. The van der Waals surface area contributed by atoms with Crippen molar-refractivity contribution in [1.29, 1.82) is 0 Å². The maximum absolute atomic E-state index is 12.4. The van der Waals surface area contributed by atoms with Crippen molar-refractivity contribution in [3.63, 3.8) is 0 Å². The lowest BCUT2D eigenvalue weighted by Crippen LogP contribution is -2.37. The van der Waals surface area contributed by atoms with Gasteiger partial charge in [0.05, 0.1) is 5.75 Å². The first-order valence-corrected chi connectivity index (χ1v) is 8.13. The zero-order chi connectivity index (χ0) is 16.4. The number of pyridine rings is 1. The number of aromatic carboxylic acids is 1. The van der Waals surface area contributed by atoms with Crippen LogP contribution in [0.2, 0.25) is 0 Å². The van der Waals surface area contributed by atoms with E-state index in [1.54, 1.807) is 29.0 Å². The highest BCUT2D eigenvalue weighted by Gasteiger charge is 2.28. The molecule has 23 heavy (non-hydrogen) atoms. The monoisotopic (exact) mass is 332 g/mol. The van der Waals surface area contributed by atoms with Crippen molar-refractivity contribution in [2.45, 2.75) is 17.9 Å². The predicted molar refractivity (Wildman–Crippen MR) is 84.2 cm³/mol. The van der Waals surface area contributed by atoms with Crippen LogP contribution in [0.4, 0.5) is 0 Å². The molecule has 0 radical (unpaired) electrons. The summed E-state index contributed by atoms with van der Waals surface area (Å²) in [5.74, 6) is -0.734. The Morgan fingerprint density at radius 2 is 2.09 bits per heavy atom. The molecule has 0 fully saturated rings. The summed E-state index contributed by atoms with van der Waals surface area (Å²) in [5, 5.41) is 13.3. The van der Waals surface area contributed by atoms with Gasteiger partial charge in [-0.3, -0.25) is 14.5 Å². The topological polar surface area (TPSA) is 88.3 Å². The minimum Gasteiger partial charge on any atom is -0.476 e. The predicted octanol–water partition coefficient (Wildman–Crippen LogP) is 1.19. The molecule has 3 heterocycles. The number of carboxylic acids is 1. The van der Waals surface area contributed by atoms with Crippen LogP contribution >= 0.6 is 11.8 Å². The molecule has 0 atom stereocenters. The number of aryl methyl sites for hydroxylation is 1. The summed E-state index contributed by atoms with van der Waals surface area (Å²) in [6.45, 7) is 0.891. The molecule has 0 aliphatic carbocycles. The van der Waals surface area contributed by atoms with Gasteiger partial charge in [-0.15, -0.1) is 11.8 Å². The summed E-state index contributed by atoms with van der Waals surface area (Å²) in [6, 6.07) is 3.71. The molecular formula is C15H16N4O3S. The van der Waals surface area contributed by atoms with E-state index in [4.69, 9.17) is 0 Å². The SMILES string of the molecule is Cn1nc(C(=O)O)c2c1CCN(C(=O)CSc1ccncc1)C2. The number of thioether (sulfide) groups is 1. The molecule has 0 spiro atoms. The van der Waals surface area contributed by atoms with Gasteiger partial charge in [0.1, 0.15) is 0 Å². The van der Waals surface area contributed by atoms with Crippen molar-refractivity contribution >= 4 is 23.6 Å². The number of nitrogens with zero attached hydrogens (tertiary/aromatic N) is 4. The van der Waals surface area contributed by atoms with E-state index in [1.807, 2.05) is 12.1 Å². The van der Waals surface area contributed by atoms with Crippen molar-refractivity contribution in [1.82, 2.24) is 19.7 Å². The van der Waals surface area contributed by atoms with E-state index >= 15 is 0 Å². The van der Waals surface area contributed by atoms with Gasteiger partial charge in [0.25, 0.3) is 0 Å². The van der Waals surface area contributed by atoms with E-state index in [0.717, 1.165) is 10.6 Å². The molecule has 0 saturated heterocycles. The van der Waals surface area contributed by atoms with Crippen LogP contribution in [0.25, 0.3) is 0 Å². The molecule has 8 heteroatoms. The third-order valence-electron chi connectivity index (χ3n) is 3.81. The quantitative estimate of drug-likeness (QED) is 0.846. The van der Waals surface area contributed by atoms with Crippen LogP contribution < -0.4 is 0 Å². The van der Waals surface area contributed by atoms with Crippen LogP contribution in [-0.2, 0) is 24.8 Å². The molecule has 1 N–H and O–H groups in total. The number of carbonyl (C=O) groups is 2. The number of amides is 1. The first-order valence-electron chi connectivity index (χ1n) is 7.15. The van der Waals surface area contributed by atoms with Crippen LogP contribution in [0.3, 0.4) is 0 Å². The van der Waals surface area contributed by atoms with E-state index < -0.39 is 5.97 Å². The van der Waals surface area contributed by atoms with Gasteiger partial charge >= 0.3 is 5.97 Å². The molecule has 120 valence electrons. The number of carboxylic acid groups (broad SMARTS) is 1. The number of hydrogen-bond acceptors (Lipinski definition) is 5. The first-order chi connectivity index (χ1) is 11.1. The smallest absolute Gasteiger partial charge is 0.356 e. The van der Waals surface area contributed by atoms with Crippen LogP contribution in [0.1, 0.15) is 21.7 Å². The lowest BCUT2D eigenvalue weighted by Gasteiger charge is -2.27. The van der Waals surface area contributed by atoms with Gasteiger partial charge in [-0.05, 0) is 12.1 Å². The number of rotatable bonds is 4. The average molecular weight is 332 g/mol. The minimum atomic E-state index is -1.05. The van der Waals surface area contributed by atoms with Crippen molar-refractivity contribution in [3.05, 3.63) is 41.5 Å². The Hall–Kier alpha value is -2.35. The largest absolute Gasteiger partial charge is 0.476 e. The Morgan fingerprint density at radius 1 is 1.35 bits per heavy atom. The third-order valence-corrected chi connectivity index (χ3v) is 4.81. The highest BCUT2D eigenvalue weighted by Crippen LogP contribution is 2.24. The van der Waals surface area contributed by atoms with Gasteiger partial charge < -0.3 is 10.0 Å².